The number of hydrogen-bond donors (Lipinski definition) is 2. The molecule has 0 aliphatic heterocycles. The van der Waals surface area contributed by atoms with E-state index in [9.17, 15) is 22.8 Å². The number of halogens is 3. The van der Waals surface area contributed by atoms with Crippen LogP contribution in [-0.4, -0.2) is 40.2 Å². The minimum atomic E-state index is -4.61. The second-order valence-corrected chi connectivity index (χ2v) is 6.24. The third kappa shape index (κ3) is 4.85. The molecule has 3 aromatic rings. The molecule has 0 spiro atoms. The van der Waals surface area contributed by atoms with Crippen LogP contribution in [0.3, 0.4) is 0 Å². The Morgan fingerprint density at radius 1 is 1.20 bits per heavy atom. The van der Waals surface area contributed by atoms with Crippen LogP contribution < -0.4 is 10.6 Å². The normalized spacial score (nSPS) is 11.3. The first-order chi connectivity index (χ1) is 14.3. The third-order valence-electron chi connectivity index (χ3n) is 4.14. The van der Waals surface area contributed by atoms with Gasteiger partial charge in [-0.3, -0.25) is 0 Å². The van der Waals surface area contributed by atoms with E-state index in [1.165, 1.54) is 37.6 Å². The smallest absolute Gasteiger partial charge is 0.449 e. The van der Waals surface area contributed by atoms with Crippen molar-refractivity contribution in [3.63, 3.8) is 0 Å². The largest absolute Gasteiger partial charge is 0.465 e. The number of benzene rings is 1. The van der Waals surface area contributed by atoms with E-state index < -0.39 is 24.0 Å². The van der Waals surface area contributed by atoms with Crippen LogP contribution in [0.15, 0.2) is 42.6 Å². The molecule has 0 unspecified atom stereocenters. The summed E-state index contributed by atoms with van der Waals surface area (Å²) in [5.41, 5.74) is 0.934. The minimum Gasteiger partial charge on any atom is -0.465 e. The van der Waals surface area contributed by atoms with Crippen molar-refractivity contribution < 1.29 is 27.5 Å². The number of aromatic nitrogens is 3. The maximum absolute atomic E-state index is 13.3. The number of aryl methyl sites for hydroxylation is 1. The number of esters is 1. The molecule has 158 valence electrons. The predicted molar refractivity (Wildman–Crippen MR) is 102 cm³/mol. The molecule has 0 saturated heterocycles. The van der Waals surface area contributed by atoms with Crippen molar-refractivity contribution in [2.45, 2.75) is 19.1 Å². The van der Waals surface area contributed by atoms with Gasteiger partial charge in [0.05, 0.1) is 12.7 Å². The molecule has 2 N–H and O–H groups in total. The molecule has 0 bridgehead atoms. The summed E-state index contributed by atoms with van der Waals surface area (Å²) in [6.45, 7) is 0.0901. The Balaban J connectivity index is 1.58. The van der Waals surface area contributed by atoms with Crippen molar-refractivity contribution in [3.05, 3.63) is 54.0 Å². The van der Waals surface area contributed by atoms with Crippen LogP contribution in [0.25, 0.3) is 11.2 Å². The van der Waals surface area contributed by atoms with E-state index in [-0.39, 0.29) is 36.2 Å². The number of urea groups is 1. The lowest BCUT2D eigenvalue weighted by molar-refractivity contribution is -0.147. The molecule has 30 heavy (non-hydrogen) atoms. The highest BCUT2D eigenvalue weighted by Gasteiger charge is 2.37. The number of carbonyl (C=O) groups excluding carboxylic acids is 2. The first kappa shape index (κ1) is 21.1. The molecule has 0 radical (unpaired) electrons. The van der Waals surface area contributed by atoms with Crippen LogP contribution in [0.5, 0.6) is 0 Å². The molecular weight excluding hydrogens is 403 g/mol. The maximum Gasteiger partial charge on any atom is 0.449 e. The van der Waals surface area contributed by atoms with Gasteiger partial charge in [-0.1, -0.05) is 6.07 Å². The van der Waals surface area contributed by atoms with Crippen LogP contribution in [0, 0.1) is 0 Å². The van der Waals surface area contributed by atoms with Crippen LogP contribution >= 0.6 is 0 Å². The zero-order chi connectivity index (χ0) is 21.7. The van der Waals surface area contributed by atoms with Crippen LogP contribution in [0.1, 0.15) is 22.6 Å². The van der Waals surface area contributed by atoms with E-state index in [0.29, 0.717) is 5.69 Å². The van der Waals surface area contributed by atoms with Crippen molar-refractivity contribution in [3.8, 4) is 0 Å². The highest BCUT2D eigenvalue weighted by Crippen LogP contribution is 2.30. The second-order valence-electron chi connectivity index (χ2n) is 6.24. The Kier molecular flexibility index (Phi) is 6.19. The minimum absolute atomic E-state index is 0.0273. The van der Waals surface area contributed by atoms with Gasteiger partial charge in [-0.15, -0.1) is 0 Å². The number of nitrogens with one attached hydrogen (secondary N) is 2. The number of hydrogen-bond acceptors (Lipinski definition) is 5. The first-order valence-corrected chi connectivity index (χ1v) is 8.91. The number of fused-ring (bicyclic) bond motifs is 1. The molecule has 0 aliphatic carbocycles. The molecule has 0 aliphatic rings. The SMILES string of the molecule is COC(=O)c1cccc(NC(=O)NCCCn2c(C(F)(F)F)nc3cccnc32)c1. The standard InChI is InChI=1S/C19H18F3N5O3/c1-30-16(28)12-5-2-6-13(11-12)25-18(29)24-9-4-10-27-15-14(7-3-8-23-15)26-17(27)19(20,21)22/h2-3,5-8,11H,4,9-10H2,1H3,(H2,24,25,29). The lowest BCUT2D eigenvalue weighted by Crippen LogP contribution is -2.30. The molecule has 2 aromatic heterocycles. The average molecular weight is 421 g/mol. The zero-order valence-corrected chi connectivity index (χ0v) is 15.9. The Labute approximate surface area is 169 Å². The van der Waals surface area contributed by atoms with E-state index >= 15 is 0 Å². The van der Waals surface area contributed by atoms with Gasteiger partial charge in [0.2, 0.25) is 5.82 Å². The number of imidazole rings is 1. The Morgan fingerprint density at radius 3 is 2.73 bits per heavy atom. The highest BCUT2D eigenvalue weighted by molar-refractivity contribution is 5.93. The maximum atomic E-state index is 13.3. The molecule has 3 rings (SSSR count). The van der Waals surface area contributed by atoms with Crippen molar-refractivity contribution >= 4 is 28.9 Å². The topological polar surface area (TPSA) is 98.1 Å². The van der Waals surface area contributed by atoms with Gasteiger partial charge in [0.25, 0.3) is 0 Å². The monoisotopic (exact) mass is 421 g/mol. The molecule has 0 atom stereocenters. The Bertz CT molecular complexity index is 1060. The molecule has 0 saturated carbocycles. The zero-order valence-electron chi connectivity index (χ0n) is 15.9. The van der Waals surface area contributed by atoms with Crippen molar-refractivity contribution in [2.75, 3.05) is 19.0 Å². The first-order valence-electron chi connectivity index (χ1n) is 8.91. The van der Waals surface area contributed by atoms with Crippen molar-refractivity contribution in [2.24, 2.45) is 0 Å². The summed E-state index contributed by atoms with van der Waals surface area (Å²) in [6, 6.07) is 8.58. The van der Waals surface area contributed by atoms with Gasteiger partial charge in [0.15, 0.2) is 5.65 Å². The Morgan fingerprint density at radius 2 is 2.00 bits per heavy atom. The van der Waals surface area contributed by atoms with E-state index in [4.69, 9.17) is 0 Å². The molecule has 11 heteroatoms. The summed E-state index contributed by atoms with van der Waals surface area (Å²) in [5, 5.41) is 5.11. The Hall–Kier alpha value is -3.63. The number of rotatable bonds is 6. The van der Waals surface area contributed by atoms with Gasteiger partial charge >= 0.3 is 18.2 Å². The van der Waals surface area contributed by atoms with Crippen molar-refractivity contribution in [1.29, 1.82) is 0 Å². The number of carbonyl (C=O) groups is 2. The number of anilines is 1. The van der Waals surface area contributed by atoms with Gasteiger partial charge in [-0.25, -0.2) is 19.6 Å². The number of nitrogens with zero attached hydrogens (tertiary/aromatic N) is 3. The van der Waals surface area contributed by atoms with E-state index in [1.54, 1.807) is 12.1 Å². The molecule has 1 aromatic carbocycles. The summed E-state index contributed by atoms with van der Waals surface area (Å²) in [5.74, 6) is -1.57. The predicted octanol–water partition coefficient (Wildman–Crippen LogP) is 3.45. The quantitative estimate of drug-likeness (QED) is 0.469. The average Bonchev–Trinajstić information content (AvgIpc) is 3.10. The van der Waals surface area contributed by atoms with Gasteiger partial charge in [0.1, 0.15) is 5.52 Å². The summed E-state index contributed by atoms with van der Waals surface area (Å²) < 4.78 is 45.4. The fourth-order valence-electron chi connectivity index (χ4n) is 2.84. The second kappa shape index (κ2) is 8.80. The summed E-state index contributed by atoms with van der Waals surface area (Å²) in [6.07, 6.45) is -2.99. The lowest BCUT2D eigenvalue weighted by atomic mass is 10.2. The molecule has 8 nitrogen and oxygen atoms in total. The molecule has 2 heterocycles. The van der Waals surface area contributed by atoms with Crippen LogP contribution in [-0.2, 0) is 17.5 Å². The number of methoxy groups -OCH3 is 1. The molecule has 0 fully saturated rings. The lowest BCUT2D eigenvalue weighted by Gasteiger charge is -2.12. The summed E-state index contributed by atoms with van der Waals surface area (Å²) >= 11 is 0. The van der Waals surface area contributed by atoms with E-state index in [2.05, 4.69) is 25.3 Å². The molecular formula is C19H18F3N5O3. The van der Waals surface area contributed by atoms with Gasteiger partial charge < -0.3 is 19.9 Å². The molecule has 2 amide bonds. The number of ether oxygens (including phenoxy) is 1. The summed E-state index contributed by atoms with van der Waals surface area (Å²) in [4.78, 5) is 31.1. The van der Waals surface area contributed by atoms with E-state index in [0.717, 1.165) is 4.57 Å². The summed E-state index contributed by atoms with van der Waals surface area (Å²) in [7, 11) is 1.25. The van der Waals surface area contributed by atoms with Gasteiger partial charge in [0, 0.05) is 25.0 Å². The van der Waals surface area contributed by atoms with Crippen LogP contribution in [0.4, 0.5) is 23.7 Å². The fraction of sp³-hybridized carbons (Fsp3) is 0.263. The van der Waals surface area contributed by atoms with Crippen LogP contribution in [0.2, 0.25) is 0 Å². The fourth-order valence-corrected chi connectivity index (χ4v) is 2.84. The number of amides is 2. The number of pyridine rings is 1. The number of alkyl halides is 3. The van der Waals surface area contributed by atoms with Crippen molar-refractivity contribution in [1.82, 2.24) is 19.9 Å². The highest BCUT2D eigenvalue weighted by atomic mass is 19.4. The third-order valence-corrected chi connectivity index (χ3v) is 4.14. The van der Waals surface area contributed by atoms with Gasteiger partial charge in [-0.05, 0) is 36.8 Å². The van der Waals surface area contributed by atoms with E-state index in [1.807, 2.05) is 0 Å². The van der Waals surface area contributed by atoms with Gasteiger partial charge in [-0.2, -0.15) is 13.2 Å².